The summed E-state index contributed by atoms with van der Waals surface area (Å²) in [4.78, 5) is 2.14. The van der Waals surface area contributed by atoms with Crippen molar-refractivity contribution in [2.75, 3.05) is 26.0 Å². The van der Waals surface area contributed by atoms with E-state index in [9.17, 15) is 5.11 Å². The summed E-state index contributed by atoms with van der Waals surface area (Å²) in [6, 6.07) is 6.17. The van der Waals surface area contributed by atoms with Crippen molar-refractivity contribution < 1.29 is 5.11 Å². The van der Waals surface area contributed by atoms with Gasteiger partial charge in [-0.1, -0.05) is 12.1 Å². The molecule has 0 heterocycles. The predicted octanol–water partition coefficient (Wildman–Crippen LogP) is 2.06. The van der Waals surface area contributed by atoms with Crippen LogP contribution in [0, 0.1) is 6.92 Å². The predicted molar refractivity (Wildman–Crippen MR) is 64.5 cm³/mol. The van der Waals surface area contributed by atoms with Crippen LogP contribution in [0.1, 0.15) is 12.5 Å². The molecule has 84 valence electrons. The normalized spacial score (nSPS) is 12.9. The van der Waals surface area contributed by atoms with Crippen molar-refractivity contribution in [3.05, 3.63) is 23.8 Å². The van der Waals surface area contributed by atoms with Crippen molar-refractivity contribution >= 4 is 5.69 Å². The topological polar surface area (TPSA) is 35.5 Å². The number of para-hydroxylation sites is 1. The fraction of sp³-hybridized carbons (Fsp3) is 0.500. The zero-order chi connectivity index (χ0) is 11.4. The highest BCUT2D eigenvalue weighted by Gasteiger charge is 2.06. The third kappa shape index (κ3) is 3.13. The van der Waals surface area contributed by atoms with Gasteiger partial charge >= 0.3 is 0 Å². The number of likely N-dealkylation sites (N-methyl/N-ethyl adjacent to an activating group) is 1. The quantitative estimate of drug-likeness (QED) is 0.743. The Hall–Kier alpha value is -1.22. The number of phenols is 1. The Kier molecular flexibility index (Phi) is 3.97. The van der Waals surface area contributed by atoms with E-state index in [0.29, 0.717) is 11.8 Å². The number of rotatable bonds is 4. The van der Waals surface area contributed by atoms with Gasteiger partial charge in [-0.2, -0.15) is 0 Å². The van der Waals surface area contributed by atoms with Gasteiger partial charge in [0.15, 0.2) is 0 Å². The van der Waals surface area contributed by atoms with Crippen LogP contribution in [0.4, 0.5) is 5.69 Å². The summed E-state index contributed by atoms with van der Waals surface area (Å²) in [7, 11) is 4.09. The molecule has 1 unspecified atom stereocenters. The SMILES string of the molecule is Cc1cccc(NCC(C)N(C)C)c1O. The molecule has 0 saturated carbocycles. The fourth-order valence-corrected chi connectivity index (χ4v) is 1.24. The Morgan fingerprint density at radius 2 is 2.07 bits per heavy atom. The van der Waals surface area contributed by atoms with E-state index >= 15 is 0 Å². The molecule has 0 amide bonds. The van der Waals surface area contributed by atoms with Crippen molar-refractivity contribution in [2.45, 2.75) is 19.9 Å². The van der Waals surface area contributed by atoms with E-state index < -0.39 is 0 Å². The van der Waals surface area contributed by atoms with Gasteiger partial charge in [0.05, 0.1) is 5.69 Å². The first-order chi connectivity index (χ1) is 7.02. The lowest BCUT2D eigenvalue weighted by Gasteiger charge is -2.21. The van der Waals surface area contributed by atoms with E-state index in [1.54, 1.807) is 0 Å². The maximum atomic E-state index is 9.77. The minimum Gasteiger partial charge on any atom is -0.506 e. The van der Waals surface area contributed by atoms with Gasteiger partial charge in [-0.25, -0.2) is 0 Å². The maximum Gasteiger partial charge on any atom is 0.141 e. The van der Waals surface area contributed by atoms with E-state index in [0.717, 1.165) is 17.8 Å². The number of benzene rings is 1. The van der Waals surface area contributed by atoms with E-state index in [2.05, 4.69) is 17.1 Å². The molecule has 0 spiro atoms. The molecule has 0 aromatic heterocycles. The van der Waals surface area contributed by atoms with Gasteiger partial charge in [-0.05, 0) is 39.6 Å². The van der Waals surface area contributed by atoms with Gasteiger partial charge in [-0.3, -0.25) is 0 Å². The lowest BCUT2D eigenvalue weighted by Crippen LogP contribution is -2.31. The minimum atomic E-state index is 0.350. The van der Waals surface area contributed by atoms with Crippen LogP contribution < -0.4 is 5.32 Å². The molecule has 1 aromatic carbocycles. The third-order valence-corrected chi connectivity index (χ3v) is 2.71. The first-order valence-corrected chi connectivity index (χ1v) is 5.21. The molecule has 1 aromatic rings. The van der Waals surface area contributed by atoms with Crippen LogP contribution in [0.15, 0.2) is 18.2 Å². The number of nitrogens with one attached hydrogen (secondary N) is 1. The Morgan fingerprint density at radius 1 is 1.40 bits per heavy atom. The number of hydrogen-bond acceptors (Lipinski definition) is 3. The average Bonchev–Trinajstić information content (AvgIpc) is 2.19. The van der Waals surface area contributed by atoms with E-state index in [4.69, 9.17) is 0 Å². The first-order valence-electron chi connectivity index (χ1n) is 5.21. The molecule has 3 heteroatoms. The summed E-state index contributed by atoms with van der Waals surface area (Å²) in [6.45, 7) is 4.86. The second kappa shape index (κ2) is 5.03. The Bertz CT molecular complexity index is 323. The second-order valence-electron chi connectivity index (χ2n) is 4.16. The molecule has 0 radical (unpaired) electrons. The summed E-state index contributed by atoms with van der Waals surface area (Å²) in [6.07, 6.45) is 0. The zero-order valence-electron chi connectivity index (χ0n) is 9.91. The van der Waals surface area contributed by atoms with Crippen LogP contribution >= 0.6 is 0 Å². The Balaban J connectivity index is 2.62. The van der Waals surface area contributed by atoms with Gasteiger partial charge in [0.1, 0.15) is 5.75 Å². The number of aryl methyl sites for hydroxylation is 1. The van der Waals surface area contributed by atoms with Crippen LogP contribution in [0.2, 0.25) is 0 Å². The summed E-state index contributed by atoms with van der Waals surface area (Å²) in [5, 5.41) is 13.0. The Labute approximate surface area is 91.7 Å². The number of phenolic OH excluding ortho intramolecular Hbond substituents is 1. The summed E-state index contributed by atoms with van der Waals surface area (Å²) >= 11 is 0. The number of hydrogen-bond donors (Lipinski definition) is 2. The first kappa shape index (κ1) is 11.9. The number of nitrogens with zero attached hydrogens (tertiary/aromatic N) is 1. The molecular weight excluding hydrogens is 188 g/mol. The van der Waals surface area contributed by atoms with Gasteiger partial charge in [0, 0.05) is 12.6 Å². The summed E-state index contributed by atoms with van der Waals surface area (Å²) in [5.74, 6) is 0.350. The molecule has 0 aliphatic rings. The summed E-state index contributed by atoms with van der Waals surface area (Å²) < 4.78 is 0. The van der Waals surface area contributed by atoms with Crippen LogP contribution in [0.3, 0.4) is 0 Å². The molecule has 2 N–H and O–H groups in total. The molecule has 0 saturated heterocycles. The molecule has 0 aliphatic heterocycles. The van der Waals surface area contributed by atoms with Gasteiger partial charge < -0.3 is 15.3 Å². The standard InChI is InChI=1S/C12H20N2O/c1-9-6-5-7-11(12(9)15)13-8-10(2)14(3)4/h5-7,10,13,15H,8H2,1-4H3. The number of anilines is 1. The molecule has 1 rings (SSSR count). The molecule has 3 nitrogen and oxygen atoms in total. The second-order valence-corrected chi connectivity index (χ2v) is 4.16. The van der Waals surface area contributed by atoms with Crippen molar-refractivity contribution in [3.63, 3.8) is 0 Å². The molecule has 15 heavy (non-hydrogen) atoms. The van der Waals surface area contributed by atoms with Crippen LogP contribution in [-0.2, 0) is 0 Å². The molecule has 0 aliphatic carbocycles. The Morgan fingerprint density at radius 3 is 2.67 bits per heavy atom. The highest BCUT2D eigenvalue weighted by molar-refractivity contribution is 5.58. The van der Waals surface area contributed by atoms with Crippen molar-refractivity contribution in [1.29, 1.82) is 0 Å². The minimum absolute atomic E-state index is 0.350. The van der Waals surface area contributed by atoms with Crippen LogP contribution in [-0.4, -0.2) is 36.7 Å². The zero-order valence-corrected chi connectivity index (χ0v) is 9.91. The maximum absolute atomic E-state index is 9.77. The summed E-state index contributed by atoms with van der Waals surface area (Å²) in [5.41, 5.74) is 1.71. The van der Waals surface area contributed by atoms with Crippen LogP contribution in [0.5, 0.6) is 5.75 Å². The highest BCUT2D eigenvalue weighted by Crippen LogP contribution is 2.26. The van der Waals surface area contributed by atoms with E-state index in [-0.39, 0.29) is 0 Å². The van der Waals surface area contributed by atoms with Crippen molar-refractivity contribution in [3.8, 4) is 5.75 Å². The molecule has 1 atom stereocenters. The monoisotopic (exact) mass is 208 g/mol. The van der Waals surface area contributed by atoms with E-state index in [1.165, 1.54) is 0 Å². The fourth-order valence-electron chi connectivity index (χ4n) is 1.24. The highest BCUT2D eigenvalue weighted by atomic mass is 16.3. The van der Waals surface area contributed by atoms with Crippen molar-refractivity contribution in [1.82, 2.24) is 4.90 Å². The third-order valence-electron chi connectivity index (χ3n) is 2.71. The smallest absolute Gasteiger partial charge is 0.141 e. The molecular formula is C12H20N2O. The average molecular weight is 208 g/mol. The molecule has 0 fully saturated rings. The molecule has 0 bridgehead atoms. The lowest BCUT2D eigenvalue weighted by atomic mass is 10.2. The number of aromatic hydroxyl groups is 1. The van der Waals surface area contributed by atoms with Crippen molar-refractivity contribution in [2.24, 2.45) is 0 Å². The van der Waals surface area contributed by atoms with Gasteiger partial charge in [0.2, 0.25) is 0 Å². The van der Waals surface area contributed by atoms with Crippen LogP contribution in [0.25, 0.3) is 0 Å². The largest absolute Gasteiger partial charge is 0.506 e. The lowest BCUT2D eigenvalue weighted by molar-refractivity contribution is 0.326. The van der Waals surface area contributed by atoms with Gasteiger partial charge in [0.25, 0.3) is 0 Å². The van der Waals surface area contributed by atoms with Gasteiger partial charge in [-0.15, -0.1) is 0 Å². The van der Waals surface area contributed by atoms with E-state index in [1.807, 2.05) is 39.2 Å².